The Morgan fingerprint density at radius 1 is 1.33 bits per heavy atom. The van der Waals surface area contributed by atoms with E-state index in [1.165, 1.54) is 6.20 Å². The number of nitrogens with zero attached hydrogens (tertiary/aromatic N) is 4. The SMILES string of the molecule is Cc1cc(C)n2ncc(C(=O)OC[C@@H]3CN=C(c4ccccc4)NO3)c2n1. The Bertz CT molecular complexity index is 1010. The number of ether oxygens (including phenoxy) is 1. The fourth-order valence-electron chi connectivity index (χ4n) is 2.90. The Balaban J connectivity index is 1.40. The minimum absolute atomic E-state index is 0.0829. The Morgan fingerprint density at radius 2 is 2.15 bits per heavy atom. The van der Waals surface area contributed by atoms with Crippen molar-refractivity contribution >= 4 is 17.5 Å². The second-order valence-electron chi connectivity index (χ2n) is 6.33. The van der Waals surface area contributed by atoms with Gasteiger partial charge in [0.15, 0.2) is 11.5 Å². The van der Waals surface area contributed by atoms with Crippen molar-refractivity contribution in [3.05, 3.63) is 65.1 Å². The quantitative estimate of drug-likeness (QED) is 0.710. The molecule has 0 aliphatic carbocycles. The molecular weight excluding hydrogens is 346 g/mol. The number of fused-ring (bicyclic) bond motifs is 1. The predicted molar refractivity (Wildman–Crippen MR) is 98.6 cm³/mol. The molecular formula is C19H19N5O3. The van der Waals surface area contributed by atoms with Crippen LogP contribution in [0.15, 0.2) is 47.6 Å². The zero-order chi connectivity index (χ0) is 18.8. The maximum absolute atomic E-state index is 12.4. The molecule has 1 N–H and O–H groups in total. The fraction of sp³-hybridized carbons (Fsp3) is 0.263. The third-order valence-electron chi connectivity index (χ3n) is 4.22. The highest BCUT2D eigenvalue weighted by Gasteiger charge is 2.22. The van der Waals surface area contributed by atoms with E-state index in [-0.39, 0.29) is 12.7 Å². The summed E-state index contributed by atoms with van der Waals surface area (Å²) in [5, 5.41) is 4.21. The first-order chi connectivity index (χ1) is 13.1. The van der Waals surface area contributed by atoms with Crippen LogP contribution < -0.4 is 5.48 Å². The molecule has 0 bridgehead atoms. The number of esters is 1. The van der Waals surface area contributed by atoms with Crippen molar-refractivity contribution in [2.24, 2.45) is 4.99 Å². The minimum atomic E-state index is -0.482. The molecule has 27 heavy (non-hydrogen) atoms. The molecule has 3 aromatic rings. The van der Waals surface area contributed by atoms with Crippen LogP contribution in [0.2, 0.25) is 0 Å². The number of carbonyl (C=O) groups excluding carboxylic acids is 1. The summed E-state index contributed by atoms with van der Waals surface area (Å²) in [6.45, 7) is 4.27. The zero-order valence-electron chi connectivity index (χ0n) is 15.0. The first-order valence-corrected chi connectivity index (χ1v) is 8.62. The van der Waals surface area contributed by atoms with E-state index < -0.39 is 5.97 Å². The van der Waals surface area contributed by atoms with Crippen LogP contribution in [0.25, 0.3) is 5.65 Å². The van der Waals surface area contributed by atoms with Crippen LogP contribution in [0.5, 0.6) is 0 Å². The van der Waals surface area contributed by atoms with Gasteiger partial charge < -0.3 is 4.74 Å². The molecule has 4 rings (SSSR count). The molecule has 1 atom stereocenters. The lowest BCUT2D eigenvalue weighted by Crippen LogP contribution is -2.40. The van der Waals surface area contributed by atoms with Crippen molar-refractivity contribution in [1.29, 1.82) is 0 Å². The van der Waals surface area contributed by atoms with Gasteiger partial charge in [-0.25, -0.2) is 19.8 Å². The van der Waals surface area contributed by atoms with Crippen LogP contribution in [0, 0.1) is 13.8 Å². The Morgan fingerprint density at radius 3 is 2.89 bits per heavy atom. The van der Waals surface area contributed by atoms with E-state index in [2.05, 4.69) is 20.6 Å². The maximum Gasteiger partial charge on any atom is 0.343 e. The van der Waals surface area contributed by atoms with Crippen LogP contribution in [-0.4, -0.2) is 45.7 Å². The summed E-state index contributed by atoms with van der Waals surface area (Å²) in [6, 6.07) is 11.6. The monoisotopic (exact) mass is 365 g/mol. The summed E-state index contributed by atoms with van der Waals surface area (Å²) in [5.74, 6) is 0.180. The lowest BCUT2D eigenvalue weighted by molar-refractivity contribution is -0.0348. The van der Waals surface area contributed by atoms with Gasteiger partial charge in [0.25, 0.3) is 0 Å². The van der Waals surface area contributed by atoms with Gasteiger partial charge in [-0.15, -0.1) is 0 Å². The summed E-state index contributed by atoms with van der Waals surface area (Å²) in [6.07, 6.45) is 1.11. The normalized spacial score (nSPS) is 16.7. The molecule has 3 heterocycles. The molecule has 0 saturated heterocycles. The van der Waals surface area contributed by atoms with Crippen molar-refractivity contribution < 1.29 is 14.4 Å². The van der Waals surface area contributed by atoms with E-state index in [0.717, 1.165) is 17.0 Å². The van der Waals surface area contributed by atoms with E-state index in [4.69, 9.17) is 9.57 Å². The third-order valence-corrected chi connectivity index (χ3v) is 4.22. The number of hydroxylamine groups is 1. The standard InChI is InChI=1S/C19H19N5O3/c1-12-8-13(2)24-18(22-12)16(10-21-24)19(25)26-11-15-9-20-17(23-27-15)14-6-4-3-5-7-14/h3-8,10,15H,9,11H2,1-2H3,(H,20,23)/t15-/m0/s1. The number of nitrogens with one attached hydrogen (secondary N) is 1. The maximum atomic E-state index is 12.4. The van der Waals surface area contributed by atoms with Gasteiger partial charge in [-0.3, -0.25) is 9.83 Å². The summed E-state index contributed by atoms with van der Waals surface area (Å²) >= 11 is 0. The summed E-state index contributed by atoms with van der Waals surface area (Å²) in [5.41, 5.74) is 6.30. The van der Waals surface area contributed by atoms with Crippen molar-refractivity contribution in [2.45, 2.75) is 20.0 Å². The average molecular weight is 365 g/mol. The molecule has 1 aromatic carbocycles. The Kier molecular flexibility index (Phi) is 4.55. The van der Waals surface area contributed by atoms with Crippen LogP contribution in [0.4, 0.5) is 0 Å². The smallest absolute Gasteiger partial charge is 0.343 e. The van der Waals surface area contributed by atoms with Crippen molar-refractivity contribution in [3.63, 3.8) is 0 Å². The van der Waals surface area contributed by atoms with Gasteiger partial charge in [0.05, 0.1) is 12.7 Å². The first-order valence-electron chi connectivity index (χ1n) is 8.62. The highest BCUT2D eigenvalue weighted by atomic mass is 16.7. The molecule has 0 unspecified atom stereocenters. The molecule has 8 nitrogen and oxygen atoms in total. The van der Waals surface area contributed by atoms with Gasteiger partial charge in [0, 0.05) is 17.0 Å². The molecule has 0 saturated carbocycles. The molecule has 0 amide bonds. The van der Waals surface area contributed by atoms with E-state index in [9.17, 15) is 4.79 Å². The molecule has 8 heteroatoms. The summed E-state index contributed by atoms with van der Waals surface area (Å²) in [4.78, 5) is 26.8. The predicted octanol–water partition coefficient (Wildman–Crippen LogP) is 1.85. The molecule has 2 aromatic heterocycles. The van der Waals surface area contributed by atoms with Gasteiger partial charge in [-0.05, 0) is 19.9 Å². The lowest BCUT2D eigenvalue weighted by atomic mass is 10.2. The highest BCUT2D eigenvalue weighted by molar-refractivity contribution is 5.98. The van der Waals surface area contributed by atoms with E-state index in [1.54, 1.807) is 4.52 Å². The molecule has 1 aliphatic rings. The topological polar surface area (TPSA) is 90.1 Å². The second kappa shape index (κ2) is 7.16. The van der Waals surface area contributed by atoms with Gasteiger partial charge in [-0.1, -0.05) is 30.3 Å². The lowest BCUT2D eigenvalue weighted by Gasteiger charge is -2.22. The number of aliphatic imine (C=N–C) groups is 1. The van der Waals surface area contributed by atoms with Crippen molar-refractivity contribution in [1.82, 2.24) is 20.1 Å². The van der Waals surface area contributed by atoms with E-state index in [0.29, 0.717) is 23.6 Å². The molecule has 0 fully saturated rings. The van der Waals surface area contributed by atoms with Gasteiger partial charge >= 0.3 is 5.97 Å². The van der Waals surface area contributed by atoms with Crippen molar-refractivity contribution in [3.8, 4) is 0 Å². The number of hydrogen-bond acceptors (Lipinski definition) is 7. The van der Waals surface area contributed by atoms with Crippen LogP contribution in [-0.2, 0) is 9.57 Å². The van der Waals surface area contributed by atoms with Gasteiger partial charge in [0.2, 0.25) is 0 Å². The zero-order valence-corrected chi connectivity index (χ0v) is 15.0. The van der Waals surface area contributed by atoms with E-state index >= 15 is 0 Å². The minimum Gasteiger partial charge on any atom is -0.459 e. The Labute approximate surface area is 155 Å². The fourth-order valence-corrected chi connectivity index (χ4v) is 2.90. The second-order valence-corrected chi connectivity index (χ2v) is 6.33. The van der Waals surface area contributed by atoms with Gasteiger partial charge in [-0.2, -0.15) is 5.10 Å². The molecule has 0 radical (unpaired) electrons. The number of benzene rings is 1. The number of rotatable bonds is 4. The van der Waals surface area contributed by atoms with Crippen LogP contribution >= 0.6 is 0 Å². The van der Waals surface area contributed by atoms with Crippen molar-refractivity contribution in [2.75, 3.05) is 13.2 Å². The molecule has 138 valence electrons. The number of hydrogen-bond donors (Lipinski definition) is 1. The highest BCUT2D eigenvalue weighted by Crippen LogP contribution is 2.14. The average Bonchev–Trinajstić information content (AvgIpc) is 3.11. The molecule has 1 aliphatic heterocycles. The van der Waals surface area contributed by atoms with Crippen LogP contribution in [0.1, 0.15) is 27.3 Å². The van der Waals surface area contributed by atoms with E-state index in [1.807, 2.05) is 50.2 Å². The first kappa shape index (κ1) is 17.2. The Hall–Kier alpha value is -3.26. The number of aryl methyl sites for hydroxylation is 2. The number of amidine groups is 1. The molecule has 0 spiro atoms. The van der Waals surface area contributed by atoms with Gasteiger partial charge in [0.1, 0.15) is 18.3 Å². The number of aromatic nitrogens is 3. The number of carbonyl (C=O) groups is 1. The summed E-state index contributed by atoms with van der Waals surface area (Å²) in [7, 11) is 0. The largest absolute Gasteiger partial charge is 0.459 e. The van der Waals surface area contributed by atoms with Crippen LogP contribution in [0.3, 0.4) is 0 Å². The summed E-state index contributed by atoms with van der Waals surface area (Å²) < 4.78 is 7.01. The third kappa shape index (κ3) is 3.52.